The van der Waals surface area contributed by atoms with E-state index in [1.165, 1.54) is 0 Å². The Labute approximate surface area is 87.9 Å². The maximum atomic E-state index is 8.77. The molecule has 0 spiro atoms. The first-order valence-electron chi connectivity index (χ1n) is 5.00. The van der Waals surface area contributed by atoms with E-state index < -0.39 is 8.32 Å². The van der Waals surface area contributed by atoms with Crippen LogP contribution in [0.4, 0.5) is 0 Å². The zero-order valence-corrected chi connectivity index (χ0v) is 10.8. The van der Waals surface area contributed by atoms with E-state index in [0.29, 0.717) is 0 Å². The smallest absolute Gasteiger partial charge is 0.278 e. The second-order valence-corrected chi connectivity index (χ2v) is 8.88. The Morgan fingerprint density at radius 1 is 1.50 bits per heavy atom. The molecule has 0 saturated heterocycles. The predicted molar refractivity (Wildman–Crippen MR) is 61.6 cm³/mol. The minimum absolute atomic E-state index is 0.0731. The Balaban J connectivity index is 4.08. The predicted octanol–water partition coefficient (Wildman–Crippen LogP) is 3.15. The molecule has 14 heavy (non-hydrogen) atoms. The first-order valence-corrected chi connectivity index (χ1v) is 8.41. The normalized spacial score (nSPS) is 14.7. The van der Waals surface area contributed by atoms with Gasteiger partial charge in [-0.25, -0.2) is 0 Å². The lowest BCUT2D eigenvalue weighted by atomic mass is 10.0. The van der Waals surface area contributed by atoms with Crippen LogP contribution in [0, 0.1) is 17.2 Å². The molecule has 0 radical (unpaired) electrons. The molecule has 0 aliphatic rings. The molecule has 0 amide bonds. The van der Waals surface area contributed by atoms with Gasteiger partial charge < -0.3 is 4.53 Å². The average molecular weight is 212 g/mol. The second-order valence-electron chi connectivity index (χ2n) is 4.47. The van der Waals surface area contributed by atoms with Gasteiger partial charge in [-0.15, -0.1) is 5.16 Å². The van der Waals surface area contributed by atoms with E-state index in [2.05, 4.69) is 30.9 Å². The third-order valence-corrected chi connectivity index (χ3v) is 2.33. The van der Waals surface area contributed by atoms with Gasteiger partial charge in [0.2, 0.25) is 0 Å². The lowest BCUT2D eigenvalue weighted by Crippen LogP contribution is -2.23. The van der Waals surface area contributed by atoms with Crippen LogP contribution in [0.25, 0.3) is 0 Å². The molecule has 0 rings (SSSR count). The van der Waals surface area contributed by atoms with E-state index in [1.54, 1.807) is 0 Å². The van der Waals surface area contributed by atoms with Gasteiger partial charge in [-0.2, -0.15) is 5.26 Å². The number of nitrogens with zero attached hydrogens (tertiary/aromatic N) is 2. The Morgan fingerprint density at radius 3 is 2.43 bits per heavy atom. The summed E-state index contributed by atoms with van der Waals surface area (Å²) in [6.07, 6.45) is 1.59. The molecule has 0 fully saturated rings. The molecule has 0 aliphatic carbocycles. The van der Waals surface area contributed by atoms with Crippen LogP contribution in [0.1, 0.15) is 26.7 Å². The van der Waals surface area contributed by atoms with E-state index in [4.69, 9.17) is 9.79 Å². The van der Waals surface area contributed by atoms with Crippen LogP contribution in [0.5, 0.6) is 0 Å². The van der Waals surface area contributed by atoms with Gasteiger partial charge >= 0.3 is 0 Å². The molecule has 0 bridgehead atoms. The van der Waals surface area contributed by atoms with Gasteiger partial charge in [-0.3, -0.25) is 0 Å². The maximum absolute atomic E-state index is 8.77. The van der Waals surface area contributed by atoms with Gasteiger partial charge in [0.15, 0.2) is 0 Å². The van der Waals surface area contributed by atoms with E-state index in [1.807, 2.05) is 13.8 Å². The van der Waals surface area contributed by atoms with E-state index in [-0.39, 0.29) is 5.92 Å². The van der Waals surface area contributed by atoms with Crippen molar-refractivity contribution in [2.75, 3.05) is 0 Å². The molecule has 0 aliphatic heterocycles. The summed E-state index contributed by atoms with van der Waals surface area (Å²) in [6.45, 7) is 10.2. The standard InChI is InChI=1S/C10H20N2OSi/c1-6-10(8-11)7-9(2)12-13-14(3,4)5/h10H,6-7H2,1-5H3. The third-order valence-electron chi connectivity index (χ3n) is 1.69. The fraction of sp³-hybridized carbons (Fsp3) is 0.800. The summed E-state index contributed by atoms with van der Waals surface area (Å²) < 4.78 is 5.40. The summed E-state index contributed by atoms with van der Waals surface area (Å²) in [7, 11) is -1.56. The molecule has 80 valence electrons. The minimum Gasteiger partial charge on any atom is -0.456 e. The van der Waals surface area contributed by atoms with Gasteiger partial charge in [0.1, 0.15) is 0 Å². The van der Waals surface area contributed by atoms with Crippen LogP contribution in [0.15, 0.2) is 5.16 Å². The fourth-order valence-electron chi connectivity index (χ4n) is 0.890. The molecule has 3 nitrogen and oxygen atoms in total. The Kier molecular flexibility index (Phi) is 5.47. The fourth-order valence-corrected chi connectivity index (χ4v) is 1.32. The van der Waals surface area contributed by atoms with Gasteiger partial charge in [0.05, 0.1) is 17.7 Å². The highest BCUT2D eigenvalue weighted by Gasteiger charge is 2.16. The van der Waals surface area contributed by atoms with Crippen molar-refractivity contribution in [1.29, 1.82) is 5.26 Å². The summed E-state index contributed by atoms with van der Waals surface area (Å²) in [5, 5.41) is 12.8. The average Bonchev–Trinajstić information content (AvgIpc) is 2.09. The molecule has 0 heterocycles. The number of hydrogen-bond acceptors (Lipinski definition) is 3. The SMILES string of the molecule is CCC(C#N)CC(C)=NO[Si](C)(C)C. The highest BCUT2D eigenvalue weighted by atomic mass is 28.4. The van der Waals surface area contributed by atoms with Crippen LogP contribution in [-0.4, -0.2) is 14.0 Å². The van der Waals surface area contributed by atoms with Gasteiger partial charge in [-0.1, -0.05) is 6.92 Å². The van der Waals surface area contributed by atoms with Crippen molar-refractivity contribution in [1.82, 2.24) is 0 Å². The molecular weight excluding hydrogens is 192 g/mol. The van der Waals surface area contributed by atoms with Gasteiger partial charge in [-0.05, 0) is 33.0 Å². The van der Waals surface area contributed by atoms with E-state index in [0.717, 1.165) is 18.6 Å². The molecule has 0 saturated carbocycles. The van der Waals surface area contributed by atoms with Crippen molar-refractivity contribution in [2.24, 2.45) is 11.1 Å². The zero-order valence-electron chi connectivity index (χ0n) is 9.79. The third kappa shape index (κ3) is 6.67. The van der Waals surface area contributed by atoms with Crippen molar-refractivity contribution < 1.29 is 4.53 Å². The van der Waals surface area contributed by atoms with Crippen LogP contribution in [0.2, 0.25) is 19.6 Å². The quantitative estimate of drug-likeness (QED) is 0.399. The highest BCUT2D eigenvalue weighted by Crippen LogP contribution is 2.09. The molecular formula is C10H20N2OSi. The van der Waals surface area contributed by atoms with Gasteiger partial charge in [0.25, 0.3) is 8.32 Å². The van der Waals surface area contributed by atoms with Crippen molar-refractivity contribution in [3.8, 4) is 6.07 Å². The van der Waals surface area contributed by atoms with Crippen molar-refractivity contribution >= 4 is 14.0 Å². The Hall–Kier alpha value is -0.823. The second kappa shape index (κ2) is 5.81. The molecule has 4 heteroatoms. The minimum atomic E-state index is -1.56. The molecule has 0 aromatic heterocycles. The summed E-state index contributed by atoms with van der Waals surface area (Å²) in [4.78, 5) is 0. The summed E-state index contributed by atoms with van der Waals surface area (Å²) in [5.41, 5.74) is 0.917. The summed E-state index contributed by atoms with van der Waals surface area (Å²) in [5.74, 6) is 0.0731. The Bertz CT molecular complexity index is 237. The number of nitriles is 1. The molecule has 1 atom stereocenters. The lowest BCUT2D eigenvalue weighted by Gasteiger charge is -2.14. The number of hydrogen-bond donors (Lipinski definition) is 0. The van der Waals surface area contributed by atoms with Crippen LogP contribution < -0.4 is 0 Å². The van der Waals surface area contributed by atoms with Crippen molar-refractivity contribution in [3.05, 3.63) is 0 Å². The zero-order chi connectivity index (χ0) is 11.2. The molecule has 1 unspecified atom stereocenters. The number of oxime groups is 1. The summed E-state index contributed by atoms with van der Waals surface area (Å²) in [6, 6.07) is 2.25. The molecule has 0 N–H and O–H groups in total. The molecule has 0 aromatic carbocycles. The maximum Gasteiger partial charge on any atom is 0.278 e. The Morgan fingerprint density at radius 2 is 2.07 bits per heavy atom. The van der Waals surface area contributed by atoms with Crippen LogP contribution in [0.3, 0.4) is 0 Å². The lowest BCUT2D eigenvalue weighted by molar-refractivity contribution is 0.332. The van der Waals surface area contributed by atoms with E-state index >= 15 is 0 Å². The topological polar surface area (TPSA) is 45.4 Å². The van der Waals surface area contributed by atoms with Crippen LogP contribution in [-0.2, 0) is 4.53 Å². The van der Waals surface area contributed by atoms with Crippen LogP contribution >= 0.6 is 0 Å². The molecule has 0 aromatic rings. The summed E-state index contributed by atoms with van der Waals surface area (Å²) >= 11 is 0. The first-order chi connectivity index (χ1) is 6.39. The monoisotopic (exact) mass is 212 g/mol. The van der Waals surface area contributed by atoms with Gasteiger partial charge in [0, 0.05) is 6.42 Å². The van der Waals surface area contributed by atoms with Crippen molar-refractivity contribution in [2.45, 2.75) is 46.3 Å². The van der Waals surface area contributed by atoms with Crippen molar-refractivity contribution in [3.63, 3.8) is 0 Å². The van der Waals surface area contributed by atoms with E-state index in [9.17, 15) is 0 Å². The highest BCUT2D eigenvalue weighted by molar-refractivity contribution is 6.69. The number of rotatable bonds is 5. The first kappa shape index (κ1) is 13.2. The largest absolute Gasteiger partial charge is 0.456 e.